The lowest BCUT2D eigenvalue weighted by atomic mass is 10.2. The summed E-state index contributed by atoms with van der Waals surface area (Å²) < 4.78 is 1.12. The molecule has 0 spiro atoms. The summed E-state index contributed by atoms with van der Waals surface area (Å²) in [6.07, 6.45) is 3.16. The van der Waals surface area contributed by atoms with E-state index in [0.29, 0.717) is 0 Å². The third-order valence-electron chi connectivity index (χ3n) is 2.68. The van der Waals surface area contributed by atoms with Gasteiger partial charge < -0.3 is 10.6 Å². The molecule has 1 unspecified atom stereocenters. The highest BCUT2D eigenvalue weighted by Crippen LogP contribution is 2.31. The van der Waals surface area contributed by atoms with Crippen molar-refractivity contribution in [2.45, 2.75) is 19.5 Å². The minimum absolute atomic E-state index is 0.0329. The van der Waals surface area contributed by atoms with Crippen LogP contribution in [0.3, 0.4) is 0 Å². The van der Waals surface area contributed by atoms with Crippen molar-refractivity contribution in [3.63, 3.8) is 0 Å². The Hall–Kier alpha value is -0.540. The molecule has 1 aromatic rings. The Labute approximate surface area is 93.2 Å². The van der Waals surface area contributed by atoms with Gasteiger partial charge in [-0.1, -0.05) is 28.9 Å². The maximum absolute atomic E-state index is 6.00. The number of benzene rings is 1. The number of nitrogens with two attached hydrogens (primary N) is 1. The van der Waals surface area contributed by atoms with Crippen molar-refractivity contribution < 1.29 is 0 Å². The maximum Gasteiger partial charge on any atom is 0.0800 e. The van der Waals surface area contributed by atoms with Crippen LogP contribution in [0.25, 0.3) is 0 Å². The zero-order chi connectivity index (χ0) is 10.1. The zero-order valence-electron chi connectivity index (χ0n) is 8.20. The minimum atomic E-state index is 0.0329. The van der Waals surface area contributed by atoms with Gasteiger partial charge in [-0.15, -0.1) is 0 Å². The van der Waals surface area contributed by atoms with Gasteiger partial charge in [0.05, 0.1) is 6.17 Å². The molecule has 0 aromatic heterocycles. The molecular weight excluding hydrogens is 240 g/mol. The molecule has 14 heavy (non-hydrogen) atoms. The Morgan fingerprint density at radius 3 is 3.07 bits per heavy atom. The lowest BCUT2D eigenvalue weighted by molar-refractivity contribution is 0.699. The normalized spacial score (nSPS) is 16.9. The highest BCUT2D eigenvalue weighted by atomic mass is 79.9. The predicted molar refractivity (Wildman–Crippen MR) is 63.1 cm³/mol. The molecule has 1 heterocycles. The highest BCUT2D eigenvalue weighted by Gasteiger charge is 2.22. The van der Waals surface area contributed by atoms with E-state index in [-0.39, 0.29) is 6.17 Å². The molecule has 1 radical (unpaired) electrons. The molecule has 1 aliphatic rings. The smallest absolute Gasteiger partial charge is 0.0800 e. The molecule has 2 N–H and O–H groups in total. The van der Waals surface area contributed by atoms with Crippen molar-refractivity contribution in [1.29, 1.82) is 0 Å². The van der Waals surface area contributed by atoms with Crippen molar-refractivity contribution in [1.82, 2.24) is 0 Å². The standard InChI is InChI=1S/C11H14BrN2/c1-2-11(13)14-6-5-8-3-4-9(12)7-10(8)14/h2-4,7,11H,5-6,13H2,1H3. The third kappa shape index (κ3) is 1.66. The van der Waals surface area contributed by atoms with Crippen LogP contribution in [0.1, 0.15) is 12.5 Å². The second-order valence-electron chi connectivity index (χ2n) is 3.54. The lowest BCUT2D eigenvalue weighted by Crippen LogP contribution is -2.40. The highest BCUT2D eigenvalue weighted by molar-refractivity contribution is 9.10. The van der Waals surface area contributed by atoms with Crippen molar-refractivity contribution in [3.8, 4) is 0 Å². The Bertz CT molecular complexity index is 338. The number of fused-ring (bicyclic) bond motifs is 1. The first-order valence-electron chi connectivity index (χ1n) is 4.82. The van der Waals surface area contributed by atoms with Crippen LogP contribution in [-0.4, -0.2) is 12.7 Å². The van der Waals surface area contributed by atoms with Gasteiger partial charge in [-0.2, -0.15) is 0 Å². The van der Waals surface area contributed by atoms with Crippen LogP contribution in [0, 0.1) is 6.42 Å². The number of halogens is 1. The van der Waals surface area contributed by atoms with Gasteiger partial charge in [0.2, 0.25) is 0 Å². The molecule has 2 nitrogen and oxygen atoms in total. The number of hydrogen-bond acceptors (Lipinski definition) is 2. The number of nitrogens with zero attached hydrogens (tertiary/aromatic N) is 1. The van der Waals surface area contributed by atoms with Crippen LogP contribution in [0.2, 0.25) is 0 Å². The third-order valence-corrected chi connectivity index (χ3v) is 3.17. The molecule has 3 heteroatoms. The summed E-state index contributed by atoms with van der Waals surface area (Å²) in [6, 6.07) is 6.40. The molecular formula is C11H14BrN2. The molecule has 1 aromatic carbocycles. The van der Waals surface area contributed by atoms with Crippen LogP contribution in [-0.2, 0) is 6.42 Å². The van der Waals surface area contributed by atoms with Crippen LogP contribution in [0.15, 0.2) is 22.7 Å². The van der Waals surface area contributed by atoms with Crippen molar-refractivity contribution >= 4 is 21.6 Å². The second kappa shape index (κ2) is 3.91. The minimum Gasteiger partial charge on any atom is -0.355 e. The van der Waals surface area contributed by atoms with Gasteiger partial charge in [0.1, 0.15) is 0 Å². The van der Waals surface area contributed by atoms with Crippen molar-refractivity contribution in [2.24, 2.45) is 5.73 Å². The molecule has 75 valence electrons. The van der Waals surface area contributed by atoms with Crippen LogP contribution >= 0.6 is 15.9 Å². The summed E-state index contributed by atoms with van der Waals surface area (Å²) in [5.74, 6) is 0. The number of hydrogen-bond donors (Lipinski definition) is 1. The second-order valence-corrected chi connectivity index (χ2v) is 4.46. The molecule has 1 aliphatic heterocycles. The van der Waals surface area contributed by atoms with Crippen molar-refractivity contribution in [3.05, 3.63) is 34.7 Å². The topological polar surface area (TPSA) is 29.3 Å². The maximum atomic E-state index is 6.00. The molecule has 1 atom stereocenters. The first-order chi connectivity index (χ1) is 6.72. The van der Waals surface area contributed by atoms with E-state index in [1.54, 1.807) is 0 Å². The van der Waals surface area contributed by atoms with Gasteiger partial charge in [0.25, 0.3) is 0 Å². The molecule has 0 saturated carbocycles. The summed E-state index contributed by atoms with van der Waals surface area (Å²) >= 11 is 3.49. The molecule has 2 rings (SSSR count). The monoisotopic (exact) mass is 253 g/mol. The molecule has 0 saturated heterocycles. The first kappa shape index (κ1) is 9.99. The van der Waals surface area contributed by atoms with Crippen LogP contribution in [0.5, 0.6) is 0 Å². The predicted octanol–water partition coefficient (Wildman–Crippen LogP) is 2.32. The van der Waals surface area contributed by atoms with Crippen LogP contribution < -0.4 is 10.6 Å². The zero-order valence-corrected chi connectivity index (χ0v) is 9.79. The van der Waals surface area contributed by atoms with E-state index in [2.05, 4.69) is 39.0 Å². The quantitative estimate of drug-likeness (QED) is 0.877. The molecule has 0 fully saturated rings. The fraction of sp³-hybridized carbons (Fsp3) is 0.364. The van der Waals surface area contributed by atoms with Crippen molar-refractivity contribution in [2.75, 3.05) is 11.4 Å². The average Bonchev–Trinajstić information content (AvgIpc) is 2.59. The van der Waals surface area contributed by atoms with E-state index in [1.807, 2.05) is 13.3 Å². The molecule has 0 bridgehead atoms. The SMILES string of the molecule is C[CH]C(N)N1CCc2ccc(Br)cc21. The summed E-state index contributed by atoms with van der Waals surface area (Å²) in [5.41, 5.74) is 8.66. The van der Waals surface area contributed by atoms with Gasteiger partial charge in [-0.05, 0) is 30.5 Å². The number of anilines is 1. The van der Waals surface area contributed by atoms with Gasteiger partial charge in [0.15, 0.2) is 0 Å². The van der Waals surface area contributed by atoms with Gasteiger partial charge in [-0.3, -0.25) is 0 Å². The summed E-state index contributed by atoms with van der Waals surface area (Å²) in [7, 11) is 0. The van der Waals surface area contributed by atoms with Gasteiger partial charge in [-0.25, -0.2) is 0 Å². The van der Waals surface area contributed by atoms with Gasteiger partial charge >= 0.3 is 0 Å². The fourth-order valence-corrected chi connectivity index (χ4v) is 2.22. The summed E-state index contributed by atoms with van der Waals surface area (Å²) in [5, 5.41) is 0. The molecule has 0 aliphatic carbocycles. The summed E-state index contributed by atoms with van der Waals surface area (Å²) in [4.78, 5) is 2.24. The Balaban J connectivity index is 2.33. The average molecular weight is 254 g/mol. The first-order valence-corrected chi connectivity index (χ1v) is 5.62. The fourth-order valence-electron chi connectivity index (χ4n) is 1.87. The Morgan fingerprint density at radius 1 is 1.57 bits per heavy atom. The Kier molecular flexibility index (Phi) is 2.79. The lowest BCUT2D eigenvalue weighted by Gasteiger charge is -2.25. The van der Waals surface area contributed by atoms with Crippen LogP contribution in [0.4, 0.5) is 5.69 Å². The Morgan fingerprint density at radius 2 is 2.36 bits per heavy atom. The summed E-state index contributed by atoms with van der Waals surface area (Å²) in [6.45, 7) is 3.03. The van der Waals surface area contributed by atoms with E-state index in [9.17, 15) is 0 Å². The number of rotatable bonds is 2. The van der Waals surface area contributed by atoms with E-state index < -0.39 is 0 Å². The van der Waals surface area contributed by atoms with Gasteiger partial charge in [0, 0.05) is 16.7 Å². The van der Waals surface area contributed by atoms with E-state index in [0.717, 1.165) is 17.4 Å². The van der Waals surface area contributed by atoms with E-state index >= 15 is 0 Å². The van der Waals surface area contributed by atoms with E-state index in [4.69, 9.17) is 5.73 Å². The van der Waals surface area contributed by atoms with E-state index in [1.165, 1.54) is 11.3 Å². The molecule has 0 amide bonds. The largest absolute Gasteiger partial charge is 0.355 e.